The summed E-state index contributed by atoms with van der Waals surface area (Å²) < 4.78 is 1.64. The second-order valence-corrected chi connectivity index (χ2v) is 5.10. The molecule has 1 N–H and O–H groups in total. The molecule has 2 rings (SSSR count). The van der Waals surface area contributed by atoms with Gasteiger partial charge in [-0.2, -0.15) is 0 Å². The van der Waals surface area contributed by atoms with Crippen LogP contribution in [0, 0.1) is 0 Å². The fraction of sp³-hybridized carbons (Fsp3) is 0.400. The molecule has 0 unspecified atom stereocenters. The normalized spacial score (nSPS) is 11.0. The lowest BCUT2D eigenvalue weighted by Crippen LogP contribution is -2.07. The average Bonchev–Trinajstić information content (AvgIpc) is 2.83. The molecule has 0 bridgehead atoms. The van der Waals surface area contributed by atoms with Crippen molar-refractivity contribution in [1.82, 2.24) is 15.0 Å². The van der Waals surface area contributed by atoms with Crippen LogP contribution in [0.3, 0.4) is 0 Å². The molecule has 5 nitrogen and oxygen atoms in total. The molecule has 0 atom stereocenters. The van der Waals surface area contributed by atoms with Crippen LogP contribution in [0.1, 0.15) is 54.9 Å². The molecular formula is C15H19N3O2. The van der Waals surface area contributed by atoms with E-state index < -0.39 is 5.97 Å². The first kappa shape index (κ1) is 14.2. The summed E-state index contributed by atoms with van der Waals surface area (Å²) in [5.41, 5.74) is 2.75. The molecule has 1 aromatic heterocycles. The van der Waals surface area contributed by atoms with Crippen molar-refractivity contribution in [2.45, 2.75) is 39.5 Å². The van der Waals surface area contributed by atoms with Crippen molar-refractivity contribution >= 4 is 5.97 Å². The number of hydrogen-bond acceptors (Lipinski definition) is 3. The maximum Gasteiger partial charge on any atom is 0.358 e. The number of hydrogen-bond donors (Lipinski definition) is 1. The van der Waals surface area contributed by atoms with E-state index in [0.29, 0.717) is 18.0 Å². The summed E-state index contributed by atoms with van der Waals surface area (Å²) in [6.07, 6.45) is 1.48. The molecule has 1 aromatic carbocycles. The monoisotopic (exact) mass is 273 g/mol. The zero-order valence-electron chi connectivity index (χ0n) is 12.0. The maximum absolute atomic E-state index is 11.2. The van der Waals surface area contributed by atoms with Crippen molar-refractivity contribution in [1.29, 1.82) is 0 Å². The highest BCUT2D eigenvalue weighted by Crippen LogP contribution is 2.20. The standard InChI is InChI=1S/C15H19N3O2/c1-4-6-13-14(15(19)20)16-17-18(13)12-8-5-7-11(9-12)10(2)3/h5,7-10H,4,6H2,1-3H3,(H,19,20). The first-order chi connectivity index (χ1) is 9.54. The van der Waals surface area contributed by atoms with Crippen molar-refractivity contribution in [3.8, 4) is 5.69 Å². The number of carbonyl (C=O) groups is 1. The van der Waals surface area contributed by atoms with Crippen LogP contribution in [-0.2, 0) is 6.42 Å². The van der Waals surface area contributed by atoms with Gasteiger partial charge in [-0.15, -0.1) is 5.10 Å². The van der Waals surface area contributed by atoms with Crippen LogP contribution in [0.2, 0.25) is 0 Å². The summed E-state index contributed by atoms with van der Waals surface area (Å²) in [4.78, 5) is 11.2. The molecule has 106 valence electrons. The van der Waals surface area contributed by atoms with Gasteiger partial charge in [0.15, 0.2) is 5.69 Å². The quantitative estimate of drug-likeness (QED) is 0.909. The molecule has 0 aliphatic carbocycles. The van der Waals surface area contributed by atoms with E-state index >= 15 is 0 Å². The topological polar surface area (TPSA) is 68.0 Å². The van der Waals surface area contributed by atoms with E-state index in [1.807, 2.05) is 25.1 Å². The molecule has 2 aromatic rings. The molecule has 0 amide bonds. The second kappa shape index (κ2) is 5.86. The van der Waals surface area contributed by atoms with Gasteiger partial charge < -0.3 is 5.11 Å². The van der Waals surface area contributed by atoms with E-state index in [-0.39, 0.29) is 5.69 Å². The number of aromatic nitrogens is 3. The molecular weight excluding hydrogens is 254 g/mol. The van der Waals surface area contributed by atoms with Gasteiger partial charge in [-0.05, 0) is 30.0 Å². The van der Waals surface area contributed by atoms with Crippen LogP contribution in [0.4, 0.5) is 0 Å². The zero-order valence-corrected chi connectivity index (χ0v) is 12.0. The third-order valence-corrected chi connectivity index (χ3v) is 3.23. The Morgan fingerprint density at radius 2 is 2.15 bits per heavy atom. The van der Waals surface area contributed by atoms with Gasteiger partial charge in [0.2, 0.25) is 0 Å². The molecule has 0 fully saturated rings. The number of carboxylic acids is 1. The number of nitrogens with zero attached hydrogens (tertiary/aromatic N) is 3. The Balaban J connectivity index is 2.52. The Morgan fingerprint density at radius 1 is 1.40 bits per heavy atom. The summed E-state index contributed by atoms with van der Waals surface area (Å²) in [6.45, 7) is 6.25. The highest BCUT2D eigenvalue weighted by Gasteiger charge is 2.19. The fourth-order valence-electron chi connectivity index (χ4n) is 2.15. The van der Waals surface area contributed by atoms with Gasteiger partial charge in [0.05, 0.1) is 11.4 Å². The largest absolute Gasteiger partial charge is 0.476 e. The Kier molecular flexibility index (Phi) is 4.17. The Labute approximate surface area is 118 Å². The van der Waals surface area contributed by atoms with Crippen molar-refractivity contribution in [3.63, 3.8) is 0 Å². The number of carboxylic acid groups (broad SMARTS) is 1. The predicted molar refractivity (Wildman–Crippen MR) is 76.4 cm³/mol. The SMILES string of the molecule is CCCc1c(C(=O)O)nnn1-c1cccc(C(C)C)c1. The molecule has 1 heterocycles. The van der Waals surface area contributed by atoms with Gasteiger partial charge >= 0.3 is 5.97 Å². The van der Waals surface area contributed by atoms with E-state index in [9.17, 15) is 9.90 Å². The molecule has 0 spiro atoms. The predicted octanol–water partition coefficient (Wildman–Crippen LogP) is 3.04. The van der Waals surface area contributed by atoms with Crippen LogP contribution in [0.5, 0.6) is 0 Å². The van der Waals surface area contributed by atoms with E-state index in [1.54, 1.807) is 4.68 Å². The number of benzene rings is 1. The van der Waals surface area contributed by atoms with Crippen molar-refractivity contribution in [3.05, 3.63) is 41.2 Å². The smallest absolute Gasteiger partial charge is 0.358 e. The van der Waals surface area contributed by atoms with Crippen LogP contribution >= 0.6 is 0 Å². The highest BCUT2D eigenvalue weighted by molar-refractivity contribution is 5.86. The summed E-state index contributed by atoms with van der Waals surface area (Å²) in [5.74, 6) is -0.619. The molecule has 0 saturated heterocycles. The van der Waals surface area contributed by atoms with Crippen LogP contribution in [-0.4, -0.2) is 26.1 Å². The summed E-state index contributed by atoms with van der Waals surface area (Å²) in [7, 11) is 0. The average molecular weight is 273 g/mol. The summed E-state index contributed by atoms with van der Waals surface area (Å²) in [6, 6.07) is 7.97. The van der Waals surface area contributed by atoms with Gasteiger partial charge in [-0.1, -0.05) is 44.5 Å². The van der Waals surface area contributed by atoms with E-state index in [4.69, 9.17) is 0 Å². The molecule has 0 radical (unpaired) electrons. The first-order valence-corrected chi connectivity index (χ1v) is 6.82. The lowest BCUT2D eigenvalue weighted by atomic mass is 10.0. The van der Waals surface area contributed by atoms with Crippen molar-refractivity contribution in [2.24, 2.45) is 0 Å². The Bertz CT molecular complexity index is 617. The van der Waals surface area contributed by atoms with Crippen LogP contribution < -0.4 is 0 Å². The van der Waals surface area contributed by atoms with Crippen LogP contribution in [0.25, 0.3) is 5.69 Å². The third-order valence-electron chi connectivity index (χ3n) is 3.23. The Hall–Kier alpha value is -2.17. The van der Waals surface area contributed by atoms with Gasteiger partial charge in [-0.3, -0.25) is 0 Å². The molecule has 0 aliphatic heterocycles. The lowest BCUT2D eigenvalue weighted by molar-refractivity contribution is 0.0689. The van der Waals surface area contributed by atoms with E-state index in [1.165, 1.54) is 5.56 Å². The number of aromatic carboxylic acids is 1. The fourth-order valence-corrected chi connectivity index (χ4v) is 2.15. The van der Waals surface area contributed by atoms with Crippen molar-refractivity contribution in [2.75, 3.05) is 0 Å². The minimum absolute atomic E-state index is 0.0433. The molecule has 5 heteroatoms. The maximum atomic E-state index is 11.2. The van der Waals surface area contributed by atoms with E-state index in [0.717, 1.165) is 12.1 Å². The summed E-state index contributed by atoms with van der Waals surface area (Å²) >= 11 is 0. The van der Waals surface area contributed by atoms with Crippen molar-refractivity contribution < 1.29 is 9.90 Å². The first-order valence-electron chi connectivity index (χ1n) is 6.82. The van der Waals surface area contributed by atoms with Gasteiger partial charge in [0.25, 0.3) is 0 Å². The minimum Gasteiger partial charge on any atom is -0.476 e. The van der Waals surface area contributed by atoms with Gasteiger partial charge in [-0.25, -0.2) is 9.48 Å². The second-order valence-electron chi connectivity index (χ2n) is 5.10. The lowest BCUT2D eigenvalue weighted by Gasteiger charge is -2.10. The van der Waals surface area contributed by atoms with Gasteiger partial charge in [0.1, 0.15) is 0 Å². The molecule has 20 heavy (non-hydrogen) atoms. The van der Waals surface area contributed by atoms with Crippen LogP contribution in [0.15, 0.2) is 24.3 Å². The molecule has 0 aliphatic rings. The minimum atomic E-state index is -1.03. The summed E-state index contributed by atoms with van der Waals surface area (Å²) in [5, 5.41) is 17.0. The third kappa shape index (κ3) is 2.71. The zero-order chi connectivity index (χ0) is 14.7. The Morgan fingerprint density at radius 3 is 2.75 bits per heavy atom. The highest BCUT2D eigenvalue weighted by atomic mass is 16.4. The molecule has 0 saturated carbocycles. The van der Waals surface area contributed by atoms with E-state index in [2.05, 4.69) is 30.2 Å². The van der Waals surface area contributed by atoms with Gasteiger partial charge in [0, 0.05) is 0 Å². The number of rotatable bonds is 5.